The highest BCUT2D eigenvalue weighted by Gasteiger charge is 2.17. The van der Waals surface area contributed by atoms with Crippen LogP contribution in [0.3, 0.4) is 0 Å². The third-order valence-electron chi connectivity index (χ3n) is 1.73. The van der Waals surface area contributed by atoms with Crippen LogP contribution >= 0.6 is 15.9 Å². The fourth-order valence-corrected chi connectivity index (χ4v) is 1.49. The molecule has 1 aromatic heterocycles. The third-order valence-corrected chi connectivity index (χ3v) is 2.16. The highest BCUT2D eigenvalue weighted by molar-refractivity contribution is 9.10. The van der Waals surface area contributed by atoms with Crippen LogP contribution in [0, 0.1) is 0 Å². The van der Waals surface area contributed by atoms with Gasteiger partial charge < -0.3 is 10.8 Å². The molecule has 0 aromatic carbocycles. The Morgan fingerprint density at radius 1 is 1.62 bits per heavy atom. The summed E-state index contributed by atoms with van der Waals surface area (Å²) in [6.45, 7) is 1.79. The van der Waals surface area contributed by atoms with Crippen LogP contribution < -0.4 is 5.73 Å². The molecule has 0 fully saturated rings. The molecule has 0 saturated carbocycles. The van der Waals surface area contributed by atoms with E-state index < -0.39 is 5.54 Å². The monoisotopic (exact) mass is 244 g/mol. The normalized spacial score (nSPS) is 15.4. The van der Waals surface area contributed by atoms with Gasteiger partial charge in [0.15, 0.2) is 0 Å². The molecule has 1 atom stereocenters. The van der Waals surface area contributed by atoms with E-state index >= 15 is 0 Å². The molecule has 0 spiro atoms. The SMILES string of the molecule is CC(N)(CO)Cc1cncc(Br)c1. The Morgan fingerprint density at radius 2 is 2.31 bits per heavy atom. The number of aromatic nitrogens is 1. The molecule has 4 heteroatoms. The Hall–Kier alpha value is -0.450. The Morgan fingerprint density at radius 3 is 2.85 bits per heavy atom. The second-order valence-corrected chi connectivity index (χ2v) is 4.42. The number of aliphatic hydroxyl groups excluding tert-OH is 1. The summed E-state index contributed by atoms with van der Waals surface area (Å²) in [5.74, 6) is 0. The van der Waals surface area contributed by atoms with E-state index in [1.54, 1.807) is 12.4 Å². The van der Waals surface area contributed by atoms with E-state index in [0.29, 0.717) is 6.42 Å². The Balaban J connectivity index is 2.74. The summed E-state index contributed by atoms with van der Waals surface area (Å²) in [6, 6.07) is 1.95. The molecule has 1 aromatic rings. The molecule has 0 aliphatic carbocycles. The first-order valence-electron chi connectivity index (χ1n) is 4.03. The van der Waals surface area contributed by atoms with Gasteiger partial charge in [-0.05, 0) is 40.9 Å². The molecule has 0 saturated heterocycles. The summed E-state index contributed by atoms with van der Waals surface area (Å²) in [5, 5.41) is 8.97. The maximum atomic E-state index is 8.97. The minimum absolute atomic E-state index is 0.0283. The smallest absolute Gasteiger partial charge is 0.0611 e. The summed E-state index contributed by atoms with van der Waals surface area (Å²) in [5.41, 5.74) is 6.26. The molecule has 3 nitrogen and oxygen atoms in total. The van der Waals surface area contributed by atoms with Gasteiger partial charge in [0.05, 0.1) is 6.61 Å². The molecule has 0 aliphatic heterocycles. The second kappa shape index (κ2) is 4.17. The zero-order valence-corrected chi connectivity index (χ0v) is 9.08. The number of rotatable bonds is 3. The number of nitrogens with two attached hydrogens (primary N) is 1. The van der Waals surface area contributed by atoms with E-state index in [1.807, 2.05) is 13.0 Å². The van der Waals surface area contributed by atoms with Crippen molar-refractivity contribution in [3.8, 4) is 0 Å². The topological polar surface area (TPSA) is 59.1 Å². The molecule has 3 N–H and O–H groups in total. The molecule has 0 aliphatic rings. The van der Waals surface area contributed by atoms with E-state index in [0.717, 1.165) is 10.0 Å². The van der Waals surface area contributed by atoms with Gasteiger partial charge >= 0.3 is 0 Å². The van der Waals surface area contributed by atoms with E-state index in [-0.39, 0.29) is 6.61 Å². The lowest BCUT2D eigenvalue weighted by Gasteiger charge is -2.21. The fraction of sp³-hybridized carbons (Fsp3) is 0.444. The largest absolute Gasteiger partial charge is 0.394 e. The number of halogens is 1. The van der Waals surface area contributed by atoms with Gasteiger partial charge in [-0.25, -0.2) is 0 Å². The highest BCUT2D eigenvalue weighted by Crippen LogP contribution is 2.14. The van der Waals surface area contributed by atoms with Crippen LogP contribution in [0.5, 0.6) is 0 Å². The molecule has 13 heavy (non-hydrogen) atoms. The van der Waals surface area contributed by atoms with Crippen molar-refractivity contribution >= 4 is 15.9 Å². The van der Waals surface area contributed by atoms with Crippen LogP contribution in [0.25, 0.3) is 0 Å². The zero-order chi connectivity index (χ0) is 9.90. The van der Waals surface area contributed by atoms with Gasteiger partial charge in [0.25, 0.3) is 0 Å². The predicted octanol–water partition coefficient (Wildman–Crippen LogP) is 1.10. The van der Waals surface area contributed by atoms with Gasteiger partial charge in [0.1, 0.15) is 0 Å². The van der Waals surface area contributed by atoms with E-state index in [1.165, 1.54) is 0 Å². The van der Waals surface area contributed by atoms with Crippen molar-refractivity contribution in [1.29, 1.82) is 0 Å². The van der Waals surface area contributed by atoms with Crippen LogP contribution in [0.15, 0.2) is 22.9 Å². The summed E-state index contributed by atoms with van der Waals surface area (Å²) in [6.07, 6.45) is 4.10. The lowest BCUT2D eigenvalue weighted by atomic mass is 9.96. The number of nitrogens with zero attached hydrogens (tertiary/aromatic N) is 1. The predicted molar refractivity (Wildman–Crippen MR) is 55.3 cm³/mol. The Kier molecular flexibility index (Phi) is 3.41. The maximum Gasteiger partial charge on any atom is 0.0611 e. The average molecular weight is 245 g/mol. The number of pyridine rings is 1. The molecule has 1 heterocycles. The molecule has 0 amide bonds. The lowest BCUT2D eigenvalue weighted by molar-refractivity contribution is 0.208. The Labute approximate surface area is 86.1 Å². The van der Waals surface area contributed by atoms with Crippen LogP contribution in [0.2, 0.25) is 0 Å². The molecule has 1 unspecified atom stereocenters. The number of aliphatic hydroxyl groups is 1. The van der Waals surface area contributed by atoms with Crippen molar-refractivity contribution < 1.29 is 5.11 Å². The van der Waals surface area contributed by atoms with Gasteiger partial charge in [-0.15, -0.1) is 0 Å². The quantitative estimate of drug-likeness (QED) is 0.838. The molecular formula is C9H13BrN2O. The summed E-state index contributed by atoms with van der Waals surface area (Å²) >= 11 is 3.33. The average Bonchev–Trinajstić information content (AvgIpc) is 2.03. The van der Waals surface area contributed by atoms with Gasteiger partial charge in [-0.2, -0.15) is 0 Å². The fourth-order valence-electron chi connectivity index (χ4n) is 1.07. The van der Waals surface area contributed by atoms with Crippen molar-refractivity contribution in [2.75, 3.05) is 6.61 Å². The van der Waals surface area contributed by atoms with Crippen molar-refractivity contribution in [1.82, 2.24) is 4.98 Å². The lowest BCUT2D eigenvalue weighted by Crippen LogP contribution is -2.42. The minimum Gasteiger partial charge on any atom is -0.394 e. The van der Waals surface area contributed by atoms with Crippen LogP contribution in [0.4, 0.5) is 0 Å². The molecule has 0 bridgehead atoms. The maximum absolute atomic E-state index is 8.97. The number of hydrogen-bond acceptors (Lipinski definition) is 3. The van der Waals surface area contributed by atoms with Gasteiger partial charge in [0, 0.05) is 22.4 Å². The first-order chi connectivity index (χ1) is 6.03. The van der Waals surface area contributed by atoms with Crippen LogP contribution in [0.1, 0.15) is 12.5 Å². The minimum atomic E-state index is -0.567. The third kappa shape index (κ3) is 3.42. The van der Waals surface area contributed by atoms with Crippen molar-refractivity contribution in [2.45, 2.75) is 18.9 Å². The van der Waals surface area contributed by atoms with E-state index in [4.69, 9.17) is 10.8 Å². The van der Waals surface area contributed by atoms with Crippen molar-refractivity contribution in [3.05, 3.63) is 28.5 Å². The molecule has 72 valence electrons. The van der Waals surface area contributed by atoms with Gasteiger partial charge in [-0.3, -0.25) is 4.98 Å². The first kappa shape index (κ1) is 10.6. The van der Waals surface area contributed by atoms with Crippen molar-refractivity contribution in [3.63, 3.8) is 0 Å². The Bertz CT molecular complexity index is 289. The summed E-state index contributed by atoms with van der Waals surface area (Å²) in [4.78, 5) is 4.02. The van der Waals surface area contributed by atoms with Crippen LogP contribution in [-0.4, -0.2) is 22.2 Å². The standard InChI is InChI=1S/C9H13BrN2O/c1-9(11,6-13)3-7-2-8(10)5-12-4-7/h2,4-5,13H,3,6,11H2,1H3. The summed E-state index contributed by atoms with van der Waals surface area (Å²) < 4.78 is 0.929. The van der Waals surface area contributed by atoms with Crippen LogP contribution in [-0.2, 0) is 6.42 Å². The first-order valence-corrected chi connectivity index (χ1v) is 4.82. The highest BCUT2D eigenvalue weighted by atomic mass is 79.9. The zero-order valence-electron chi connectivity index (χ0n) is 7.50. The summed E-state index contributed by atoms with van der Waals surface area (Å²) in [7, 11) is 0. The van der Waals surface area contributed by atoms with E-state index in [9.17, 15) is 0 Å². The number of hydrogen-bond donors (Lipinski definition) is 2. The molecule has 1 rings (SSSR count). The molecule has 0 radical (unpaired) electrons. The van der Waals surface area contributed by atoms with E-state index in [2.05, 4.69) is 20.9 Å². The van der Waals surface area contributed by atoms with Gasteiger partial charge in [-0.1, -0.05) is 0 Å². The van der Waals surface area contributed by atoms with Gasteiger partial charge in [0.2, 0.25) is 0 Å². The molecular weight excluding hydrogens is 232 g/mol. The second-order valence-electron chi connectivity index (χ2n) is 3.50. The van der Waals surface area contributed by atoms with Crippen molar-refractivity contribution in [2.24, 2.45) is 5.73 Å².